The highest BCUT2D eigenvalue weighted by molar-refractivity contribution is 6.17. The molecule has 0 bridgehead atoms. The molecule has 1 aliphatic carbocycles. The first kappa shape index (κ1) is 10.9. The van der Waals surface area contributed by atoms with E-state index in [4.69, 9.17) is 16.3 Å². The van der Waals surface area contributed by atoms with Gasteiger partial charge in [0.2, 0.25) is 0 Å². The molecule has 0 unspecified atom stereocenters. The molecule has 0 saturated heterocycles. The molecule has 0 N–H and O–H groups in total. The number of para-hydroxylation sites is 1. The Morgan fingerprint density at radius 2 is 2.29 bits per heavy atom. The van der Waals surface area contributed by atoms with Crippen molar-refractivity contribution < 1.29 is 4.74 Å². The van der Waals surface area contributed by atoms with Crippen LogP contribution in [0.4, 0.5) is 0 Å². The summed E-state index contributed by atoms with van der Waals surface area (Å²) in [6.45, 7) is 0. The molecule has 1 aliphatic rings. The molecule has 1 saturated carbocycles. The van der Waals surface area contributed by atoms with Crippen molar-refractivity contribution in [3.05, 3.63) is 24.0 Å². The fraction of sp³-hybridized carbons (Fsp3) is 0.462. The van der Waals surface area contributed by atoms with E-state index in [1.54, 1.807) is 7.11 Å². The van der Waals surface area contributed by atoms with Gasteiger partial charge in [0.1, 0.15) is 17.1 Å². The van der Waals surface area contributed by atoms with Gasteiger partial charge < -0.3 is 9.30 Å². The first-order valence-electron chi connectivity index (χ1n) is 5.95. The molecule has 3 rings (SSSR count). The molecular formula is C13H15ClN2O. The van der Waals surface area contributed by atoms with E-state index in [2.05, 4.69) is 15.6 Å². The highest BCUT2D eigenvalue weighted by Gasteiger charge is 2.28. The van der Waals surface area contributed by atoms with E-state index in [0.717, 1.165) is 23.5 Å². The highest BCUT2D eigenvalue weighted by atomic mass is 35.5. The summed E-state index contributed by atoms with van der Waals surface area (Å²) in [5.41, 5.74) is 2.13. The lowest BCUT2D eigenvalue weighted by Crippen LogP contribution is -2.02. The first-order valence-corrected chi connectivity index (χ1v) is 6.48. The number of methoxy groups -OCH3 is 1. The van der Waals surface area contributed by atoms with Crippen LogP contribution in [-0.4, -0.2) is 22.5 Å². The van der Waals surface area contributed by atoms with Gasteiger partial charge in [0.05, 0.1) is 12.6 Å². The number of aromatic nitrogens is 2. The molecule has 1 aromatic heterocycles. The number of aryl methyl sites for hydroxylation is 1. The number of nitrogens with zero attached hydrogens (tertiary/aromatic N) is 2. The molecule has 3 nitrogen and oxygen atoms in total. The molecule has 4 heteroatoms. The number of imidazole rings is 1. The van der Waals surface area contributed by atoms with Gasteiger partial charge in [0, 0.05) is 18.3 Å². The zero-order valence-electron chi connectivity index (χ0n) is 9.82. The lowest BCUT2D eigenvalue weighted by atomic mass is 10.3. The maximum absolute atomic E-state index is 5.85. The largest absolute Gasteiger partial charge is 0.494 e. The van der Waals surface area contributed by atoms with Crippen molar-refractivity contribution in [1.29, 1.82) is 0 Å². The van der Waals surface area contributed by atoms with E-state index in [9.17, 15) is 0 Å². The van der Waals surface area contributed by atoms with E-state index in [-0.39, 0.29) is 0 Å². The molecule has 1 fully saturated rings. The Morgan fingerprint density at radius 1 is 1.47 bits per heavy atom. The summed E-state index contributed by atoms with van der Waals surface area (Å²) in [6, 6.07) is 6.70. The van der Waals surface area contributed by atoms with Crippen LogP contribution in [-0.2, 0) is 6.42 Å². The molecule has 1 heterocycles. The summed E-state index contributed by atoms with van der Waals surface area (Å²) in [5, 5.41) is 0. The number of hydrogen-bond acceptors (Lipinski definition) is 2. The van der Waals surface area contributed by atoms with Gasteiger partial charge in [-0.15, -0.1) is 11.6 Å². The zero-order chi connectivity index (χ0) is 11.8. The summed E-state index contributed by atoms with van der Waals surface area (Å²) in [5.74, 6) is 2.54. The Labute approximate surface area is 105 Å². The third-order valence-electron chi connectivity index (χ3n) is 3.21. The number of fused-ring (bicyclic) bond motifs is 1. The number of halogens is 1. The van der Waals surface area contributed by atoms with Crippen molar-refractivity contribution in [3.8, 4) is 5.75 Å². The standard InChI is InChI=1S/C13H15ClN2O/c1-17-11-4-2-3-10-13(11)15-12(7-8-14)16(10)9-5-6-9/h2-4,9H,5-8H2,1H3. The number of ether oxygens (including phenoxy) is 1. The van der Waals surface area contributed by atoms with Crippen molar-refractivity contribution in [2.45, 2.75) is 25.3 Å². The minimum atomic E-state index is 0.609. The van der Waals surface area contributed by atoms with Crippen LogP contribution < -0.4 is 4.74 Å². The van der Waals surface area contributed by atoms with Crippen LogP contribution in [0.25, 0.3) is 11.0 Å². The summed E-state index contributed by atoms with van der Waals surface area (Å²) >= 11 is 5.85. The van der Waals surface area contributed by atoms with Crippen molar-refractivity contribution in [3.63, 3.8) is 0 Å². The fourth-order valence-corrected chi connectivity index (χ4v) is 2.47. The Bertz CT molecular complexity index is 546. The number of rotatable bonds is 4. The molecule has 0 aliphatic heterocycles. The van der Waals surface area contributed by atoms with Gasteiger partial charge in [-0.2, -0.15) is 0 Å². The number of alkyl halides is 1. The van der Waals surface area contributed by atoms with Gasteiger partial charge in [-0.3, -0.25) is 0 Å². The second-order valence-corrected chi connectivity index (χ2v) is 4.77. The third-order valence-corrected chi connectivity index (χ3v) is 3.40. The van der Waals surface area contributed by atoms with Crippen LogP contribution in [0.15, 0.2) is 18.2 Å². The number of hydrogen-bond donors (Lipinski definition) is 0. The smallest absolute Gasteiger partial charge is 0.146 e. The van der Waals surface area contributed by atoms with Gasteiger partial charge in [-0.1, -0.05) is 6.07 Å². The van der Waals surface area contributed by atoms with Gasteiger partial charge >= 0.3 is 0 Å². The van der Waals surface area contributed by atoms with Crippen LogP contribution in [0.5, 0.6) is 5.75 Å². The Balaban J connectivity index is 2.22. The Kier molecular flexibility index (Phi) is 2.71. The molecule has 90 valence electrons. The van der Waals surface area contributed by atoms with Gasteiger partial charge in [-0.05, 0) is 25.0 Å². The average molecular weight is 251 g/mol. The molecule has 1 aromatic carbocycles. The molecule has 2 aromatic rings. The summed E-state index contributed by atoms with van der Waals surface area (Å²) in [7, 11) is 1.69. The minimum absolute atomic E-state index is 0.609. The van der Waals surface area contributed by atoms with E-state index >= 15 is 0 Å². The molecule has 17 heavy (non-hydrogen) atoms. The van der Waals surface area contributed by atoms with Gasteiger partial charge in [0.15, 0.2) is 0 Å². The van der Waals surface area contributed by atoms with Crippen molar-refractivity contribution in [1.82, 2.24) is 9.55 Å². The van der Waals surface area contributed by atoms with E-state index < -0.39 is 0 Å². The number of benzene rings is 1. The monoisotopic (exact) mass is 250 g/mol. The fourth-order valence-electron chi connectivity index (χ4n) is 2.31. The van der Waals surface area contributed by atoms with E-state index in [0.29, 0.717) is 11.9 Å². The third kappa shape index (κ3) is 1.78. The van der Waals surface area contributed by atoms with Crippen LogP contribution in [0.2, 0.25) is 0 Å². The molecular weight excluding hydrogens is 236 g/mol. The van der Waals surface area contributed by atoms with Crippen LogP contribution in [0.3, 0.4) is 0 Å². The van der Waals surface area contributed by atoms with E-state index in [1.165, 1.54) is 18.4 Å². The Hall–Kier alpha value is -1.22. The van der Waals surface area contributed by atoms with Crippen LogP contribution in [0, 0.1) is 0 Å². The quantitative estimate of drug-likeness (QED) is 0.780. The second-order valence-electron chi connectivity index (χ2n) is 4.40. The van der Waals surface area contributed by atoms with Crippen molar-refractivity contribution >= 4 is 22.6 Å². The Morgan fingerprint density at radius 3 is 2.94 bits per heavy atom. The predicted molar refractivity (Wildman–Crippen MR) is 69.0 cm³/mol. The first-order chi connectivity index (χ1) is 8.35. The normalized spacial score (nSPS) is 15.4. The second kappa shape index (κ2) is 4.22. The van der Waals surface area contributed by atoms with Crippen LogP contribution in [0.1, 0.15) is 24.7 Å². The maximum Gasteiger partial charge on any atom is 0.146 e. The molecule has 0 amide bonds. The zero-order valence-corrected chi connectivity index (χ0v) is 10.6. The van der Waals surface area contributed by atoms with Crippen LogP contribution >= 0.6 is 11.6 Å². The van der Waals surface area contributed by atoms with Gasteiger partial charge in [-0.25, -0.2) is 4.98 Å². The maximum atomic E-state index is 5.85. The summed E-state index contributed by atoms with van der Waals surface area (Å²) in [6.07, 6.45) is 3.31. The van der Waals surface area contributed by atoms with Crippen molar-refractivity contribution in [2.75, 3.05) is 13.0 Å². The molecule has 0 spiro atoms. The minimum Gasteiger partial charge on any atom is -0.494 e. The molecule has 0 radical (unpaired) electrons. The SMILES string of the molecule is COc1cccc2c1nc(CCCl)n2C1CC1. The van der Waals surface area contributed by atoms with Crippen molar-refractivity contribution in [2.24, 2.45) is 0 Å². The lowest BCUT2D eigenvalue weighted by molar-refractivity contribution is 0.419. The topological polar surface area (TPSA) is 27.1 Å². The summed E-state index contributed by atoms with van der Waals surface area (Å²) in [4.78, 5) is 4.69. The lowest BCUT2D eigenvalue weighted by Gasteiger charge is -2.06. The van der Waals surface area contributed by atoms with E-state index in [1.807, 2.05) is 12.1 Å². The highest BCUT2D eigenvalue weighted by Crippen LogP contribution is 2.40. The summed E-state index contributed by atoms with van der Waals surface area (Å²) < 4.78 is 7.70. The molecule has 0 atom stereocenters. The predicted octanol–water partition coefficient (Wildman–Crippen LogP) is 3.16. The average Bonchev–Trinajstić information content (AvgIpc) is 3.11. The van der Waals surface area contributed by atoms with Gasteiger partial charge in [0.25, 0.3) is 0 Å².